The second-order valence-electron chi connectivity index (χ2n) is 3.95. The van der Waals surface area contributed by atoms with Gasteiger partial charge >= 0.3 is 71.1 Å². The fourth-order valence-corrected chi connectivity index (χ4v) is 1.46. The summed E-state index contributed by atoms with van der Waals surface area (Å²) in [6.07, 6.45) is 0. The molecule has 0 bridgehead atoms. The van der Waals surface area contributed by atoms with Crippen LogP contribution in [0, 0.1) is 0 Å². The Morgan fingerprint density at radius 2 is 0.920 bits per heavy atom. The maximum Gasteiger partial charge on any atom is 1.00 e. The van der Waals surface area contributed by atoms with Gasteiger partial charge in [0, 0.05) is 43.2 Å². The monoisotopic (exact) mass is 435 g/mol. The number of rotatable bonds is 11. The molecule has 0 aromatic carbocycles. The maximum atomic E-state index is 10.5. The topological polar surface area (TPSA) is 224 Å². The van der Waals surface area contributed by atoms with Gasteiger partial charge in [0.15, 0.2) is 0 Å². The first-order chi connectivity index (χ1) is 9.20. The number of nitrogens with zero attached hydrogens (tertiary/aromatic N) is 2. The molecule has 0 atom stereocenters. The second-order valence-corrected chi connectivity index (χ2v) is 3.95. The van der Waals surface area contributed by atoms with E-state index in [0.29, 0.717) is 0 Å². The van der Waals surface area contributed by atoms with Crippen molar-refractivity contribution in [2.75, 3.05) is 39.3 Å². The molecule has 15 heteroatoms. The van der Waals surface area contributed by atoms with Crippen LogP contribution in [0.4, 0.5) is 0 Å². The molecule has 0 fully saturated rings. The van der Waals surface area contributed by atoms with E-state index in [1.54, 1.807) is 0 Å². The Kier molecular flexibility index (Phi) is 35.7. The molecule has 0 aromatic heterocycles. The van der Waals surface area contributed by atoms with E-state index in [1.165, 1.54) is 0 Å². The van der Waals surface area contributed by atoms with E-state index in [9.17, 15) is 29.4 Å². The van der Waals surface area contributed by atoms with Crippen LogP contribution in [0.2, 0.25) is 0 Å². The van der Waals surface area contributed by atoms with Crippen LogP contribution in [0.3, 0.4) is 0 Å². The Bertz CT molecular complexity index is 334. The summed E-state index contributed by atoms with van der Waals surface area (Å²) in [4.78, 5) is 43.9. The fourth-order valence-electron chi connectivity index (χ4n) is 1.46. The number of hydrogen-bond donors (Lipinski definition) is 2. The number of carbonyl (C=O) groups excluding carboxylic acids is 2. The molecule has 25 heavy (non-hydrogen) atoms. The summed E-state index contributed by atoms with van der Waals surface area (Å²) in [5.41, 5.74) is 0. The molecule has 0 heterocycles. The molecule has 0 aliphatic heterocycles. The standard InChI is InChI=1S/C10H16N2O8.Cu.2Na.2H2O/c13-7(14)3-11(4-8(15)16)1-2-12(5-9(17)18)6-10(19)20;;;;;/h1-6H2,(H,13,14)(H,15,16)(H,17,18)(H,19,20);;;;2*1H2/q;;2*+1;;/p-2. The van der Waals surface area contributed by atoms with Crippen LogP contribution in [0.5, 0.6) is 0 Å². The first kappa shape index (κ1) is 40.1. The van der Waals surface area contributed by atoms with Gasteiger partial charge in [-0.2, -0.15) is 0 Å². The minimum Gasteiger partial charge on any atom is -0.549 e. The third kappa shape index (κ3) is 26.6. The van der Waals surface area contributed by atoms with Crippen molar-refractivity contribution in [3.63, 3.8) is 0 Å². The van der Waals surface area contributed by atoms with Crippen LogP contribution < -0.4 is 69.3 Å². The summed E-state index contributed by atoms with van der Waals surface area (Å²) in [6.45, 7) is -2.75. The Labute approximate surface area is 198 Å². The summed E-state index contributed by atoms with van der Waals surface area (Å²) >= 11 is 0. The van der Waals surface area contributed by atoms with E-state index >= 15 is 0 Å². The number of aliphatic carboxylic acids is 4. The van der Waals surface area contributed by atoms with Gasteiger partial charge < -0.3 is 41.0 Å². The average Bonchev–Trinajstić information content (AvgIpc) is 2.22. The summed E-state index contributed by atoms with van der Waals surface area (Å²) in [6, 6.07) is 0. The molecule has 0 rings (SSSR count). The zero-order chi connectivity index (χ0) is 15.7. The molecule has 12 nitrogen and oxygen atoms in total. The predicted molar refractivity (Wildman–Crippen MR) is 65.4 cm³/mol. The molecule has 0 aliphatic rings. The molecule has 0 spiro atoms. The second kappa shape index (κ2) is 22.3. The largest absolute Gasteiger partial charge is 1.00 e. The van der Waals surface area contributed by atoms with Gasteiger partial charge in [-0.25, -0.2) is 0 Å². The third-order valence-corrected chi connectivity index (χ3v) is 2.16. The third-order valence-electron chi connectivity index (χ3n) is 2.16. The van der Waals surface area contributed by atoms with Crippen LogP contribution in [0.15, 0.2) is 0 Å². The number of carbonyl (C=O) groups is 4. The van der Waals surface area contributed by atoms with Gasteiger partial charge in [0.05, 0.1) is 25.0 Å². The van der Waals surface area contributed by atoms with Gasteiger partial charge in [-0.15, -0.1) is 0 Å². The summed E-state index contributed by atoms with van der Waals surface area (Å²) in [7, 11) is 0. The van der Waals surface area contributed by atoms with Crippen molar-refractivity contribution in [1.82, 2.24) is 9.80 Å². The minimum atomic E-state index is -1.49. The van der Waals surface area contributed by atoms with Crippen LogP contribution in [0.25, 0.3) is 0 Å². The zero-order valence-electron chi connectivity index (χ0n) is 13.8. The predicted octanol–water partition coefficient (Wildman–Crippen LogP) is -12.4. The fraction of sp³-hybridized carbons (Fsp3) is 0.600. The van der Waals surface area contributed by atoms with Gasteiger partial charge in [0.25, 0.3) is 0 Å². The summed E-state index contributed by atoms with van der Waals surface area (Å²) in [5.74, 6) is -5.52. The Morgan fingerprint density at radius 1 is 0.680 bits per heavy atom. The van der Waals surface area contributed by atoms with E-state index < -0.39 is 50.1 Å². The number of carboxylic acids is 4. The van der Waals surface area contributed by atoms with E-state index in [4.69, 9.17) is 10.2 Å². The van der Waals surface area contributed by atoms with Gasteiger partial charge in [-0.05, 0) is 0 Å². The average molecular weight is 436 g/mol. The number of carboxylic acid groups (broad SMARTS) is 4. The summed E-state index contributed by atoms with van der Waals surface area (Å²) < 4.78 is 0. The molecular weight excluding hydrogens is 418 g/mol. The van der Waals surface area contributed by atoms with Gasteiger partial charge in [-0.1, -0.05) is 0 Å². The van der Waals surface area contributed by atoms with Crippen LogP contribution in [0.1, 0.15) is 0 Å². The first-order valence-corrected chi connectivity index (χ1v) is 5.48. The van der Waals surface area contributed by atoms with Crippen molar-refractivity contribution in [1.29, 1.82) is 0 Å². The van der Waals surface area contributed by atoms with Crippen molar-refractivity contribution in [2.24, 2.45) is 0 Å². The molecule has 141 valence electrons. The smallest absolute Gasteiger partial charge is 0.549 e. The minimum absolute atomic E-state index is 0. The van der Waals surface area contributed by atoms with Crippen molar-refractivity contribution in [2.45, 2.75) is 0 Å². The first-order valence-electron chi connectivity index (χ1n) is 5.48. The molecule has 0 aliphatic carbocycles. The Morgan fingerprint density at radius 3 is 1.08 bits per heavy atom. The SMILES string of the molecule is O.O.O=C([O-])CN(CCN(CC(=O)[O-])CC(=O)O)CC(=O)O.[Cu].[Na+].[Na+]. The van der Waals surface area contributed by atoms with E-state index in [-0.39, 0.29) is 100 Å². The van der Waals surface area contributed by atoms with Crippen LogP contribution in [-0.2, 0) is 36.2 Å². The molecule has 6 N–H and O–H groups in total. The summed E-state index contributed by atoms with van der Waals surface area (Å²) in [5, 5.41) is 38.0. The normalized spacial score (nSPS) is 8.56. The molecule has 0 unspecified atom stereocenters. The van der Waals surface area contributed by atoms with E-state index in [1.807, 2.05) is 0 Å². The zero-order valence-corrected chi connectivity index (χ0v) is 18.7. The molecule has 1 radical (unpaired) electrons. The van der Waals surface area contributed by atoms with Crippen molar-refractivity contribution >= 4 is 23.9 Å². The van der Waals surface area contributed by atoms with Crippen molar-refractivity contribution in [3.8, 4) is 0 Å². The van der Waals surface area contributed by atoms with Crippen LogP contribution in [-0.4, -0.2) is 94.1 Å². The van der Waals surface area contributed by atoms with Crippen molar-refractivity contribution in [3.05, 3.63) is 0 Å². The molecule has 0 aromatic rings. The molecule has 0 saturated carbocycles. The number of hydrogen-bond acceptors (Lipinski definition) is 8. The van der Waals surface area contributed by atoms with Crippen LogP contribution >= 0.6 is 0 Å². The van der Waals surface area contributed by atoms with E-state index in [2.05, 4.69) is 0 Å². The van der Waals surface area contributed by atoms with Gasteiger partial charge in [0.1, 0.15) is 0 Å². The van der Waals surface area contributed by atoms with Gasteiger partial charge in [0.2, 0.25) is 0 Å². The Hall–Kier alpha value is 0.239. The maximum absolute atomic E-state index is 10.5. The molecular formula is C10H18CuN2Na2O10. The van der Waals surface area contributed by atoms with Crippen molar-refractivity contribution < 1.29 is 127 Å². The van der Waals surface area contributed by atoms with Gasteiger partial charge in [-0.3, -0.25) is 19.4 Å². The molecule has 0 saturated heterocycles. The van der Waals surface area contributed by atoms with E-state index in [0.717, 1.165) is 9.80 Å². The Balaban J connectivity index is -0.000000180. The molecule has 0 amide bonds. The quantitative estimate of drug-likeness (QED) is 0.291.